The topological polar surface area (TPSA) is 17.8 Å². The van der Waals surface area contributed by atoms with Crippen LogP contribution in [-0.4, -0.2) is 9.78 Å². The molecule has 1 aliphatic carbocycles. The summed E-state index contributed by atoms with van der Waals surface area (Å²) < 4.78 is 3.54. The molecule has 0 amide bonds. The third-order valence-electron chi connectivity index (χ3n) is 3.48. The summed E-state index contributed by atoms with van der Waals surface area (Å²) in [6.07, 6.45) is 8.70. The van der Waals surface area contributed by atoms with Crippen molar-refractivity contribution in [3.8, 4) is 0 Å². The number of halogens is 1. The number of aromatic nitrogens is 2. The van der Waals surface area contributed by atoms with E-state index in [1.165, 1.54) is 46.6 Å². The maximum absolute atomic E-state index is 4.57. The Morgan fingerprint density at radius 2 is 2.00 bits per heavy atom. The predicted octanol–water partition coefficient (Wildman–Crippen LogP) is 4.15. The van der Waals surface area contributed by atoms with E-state index >= 15 is 0 Å². The molecule has 3 rings (SSSR count). The van der Waals surface area contributed by atoms with Gasteiger partial charge in [-0.05, 0) is 47.6 Å². The molecule has 1 aromatic carbocycles. The van der Waals surface area contributed by atoms with Crippen LogP contribution in [0.1, 0.15) is 38.1 Å². The summed E-state index contributed by atoms with van der Waals surface area (Å²) in [5.74, 6) is 0. The smallest absolute Gasteiger partial charge is 0.0696 e. The highest BCUT2D eigenvalue weighted by atomic mass is 127. The van der Waals surface area contributed by atoms with Crippen LogP contribution in [0.2, 0.25) is 0 Å². The molecule has 1 aliphatic rings. The summed E-state index contributed by atoms with van der Waals surface area (Å²) in [6, 6.07) is 7.20. The van der Waals surface area contributed by atoms with Crippen molar-refractivity contribution in [1.29, 1.82) is 0 Å². The summed E-state index contributed by atoms with van der Waals surface area (Å²) in [5, 5.41) is 5.84. The first-order chi connectivity index (χ1) is 7.84. The van der Waals surface area contributed by atoms with Crippen molar-refractivity contribution in [1.82, 2.24) is 9.78 Å². The number of nitrogens with zero attached hydrogens (tertiary/aromatic N) is 2. The van der Waals surface area contributed by atoms with Crippen LogP contribution in [0.3, 0.4) is 0 Å². The van der Waals surface area contributed by atoms with Crippen LogP contribution in [0.5, 0.6) is 0 Å². The minimum atomic E-state index is 0.629. The number of hydrogen-bond donors (Lipinski definition) is 0. The van der Waals surface area contributed by atoms with Crippen LogP contribution in [-0.2, 0) is 0 Å². The molecule has 2 aromatic rings. The largest absolute Gasteiger partial charge is 0.262 e. The third kappa shape index (κ3) is 1.85. The lowest BCUT2D eigenvalue weighted by atomic mass is 9.95. The number of fused-ring (bicyclic) bond motifs is 1. The average molecular weight is 326 g/mol. The molecular formula is C13H15IN2. The van der Waals surface area contributed by atoms with Gasteiger partial charge in [-0.3, -0.25) is 4.68 Å². The summed E-state index contributed by atoms with van der Waals surface area (Å²) in [5.41, 5.74) is 1.30. The van der Waals surface area contributed by atoms with Crippen LogP contribution in [0.15, 0.2) is 24.4 Å². The van der Waals surface area contributed by atoms with Gasteiger partial charge in [-0.15, -0.1) is 0 Å². The molecule has 0 N–H and O–H groups in total. The first kappa shape index (κ1) is 10.6. The molecule has 0 bridgehead atoms. The first-order valence-electron chi connectivity index (χ1n) is 5.97. The van der Waals surface area contributed by atoms with Crippen LogP contribution in [0.4, 0.5) is 0 Å². The highest BCUT2D eigenvalue weighted by molar-refractivity contribution is 14.1. The molecule has 1 fully saturated rings. The SMILES string of the molecule is Ic1ccc2cnn(C3CCCCC3)c2c1. The molecule has 0 unspecified atom stereocenters. The first-order valence-corrected chi connectivity index (χ1v) is 7.05. The Labute approximate surface area is 109 Å². The van der Waals surface area contributed by atoms with Crippen molar-refractivity contribution in [2.75, 3.05) is 0 Å². The summed E-state index contributed by atoms with van der Waals surface area (Å²) >= 11 is 2.37. The van der Waals surface area contributed by atoms with Gasteiger partial charge in [0, 0.05) is 8.96 Å². The van der Waals surface area contributed by atoms with Gasteiger partial charge >= 0.3 is 0 Å². The Morgan fingerprint density at radius 3 is 2.81 bits per heavy atom. The number of hydrogen-bond acceptors (Lipinski definition) is 1. The number of benzene rings is 1. The molecule has 16 heavy (non-hydrogen) atoms. The van der Waals surface area contributed by atoms with Crippen LogP contribution in [0.25, 0.3) is 10.9 Å². The quantitative estimate of drug-likeness (QED) is 0.720. The molecule has 0 spiro atoms. The molecule has 1 heterocycles. The van der Waals surface area contributed by atoms with E-state index in [1.807, 2.05) is 6.20 Å². The highest BCUT2D eigenvalue weighted by Gasteiger charge is 2.17. The van der Waals surface area contributed by atoms with E-state index < -0.39 is 0 Å². The molecule has 84 valence electrons. The molecule has 0 aliphatic heterocycles. The Morgan fingerprint density at radius 1 is 1.19 bits per heavy atom. The fraction of sp³-hybridized carbons (Fsp3) is 0.462. The molecule has 1 aromatic heterocycles. The lowest BCUT2D eigenvalue weighted by Gasteiger charge is -2.22. The number of rotatable bonds is 1. The second kappa shape index (κ2) is 4.35. The van der Waals surface area contributed by atoms with Crippen LogP contribution < -0.4 is 0 Å². The highest BCUT2D eigenvalue weighted by Crippen LogP contribution is 2.30. The molecule has 0 atom stereocenters. The maximum Gasteiger partial charge on any atom is 0.0696 e. The standard InChI is InChI=1S/C13H15IN2/c14-11-7-6-10-9-15-16(13(10)8-11)12-4-2-1-3-5-12/h6-9,12H,1-5H2. The van der Waals surface area contributed by atoms with Crippen molar-refractivity contribution < 1.29 is 0 Å². The van der Waals surface area contributed by atoms with Crippen LogP contribution in [0, 0.1) is 3.57 Å². The van der Waals surface area contributed by atoms with E-state index in [9.17, 15) is 0 Å². The molecule has 0 radical (unpaired) electrons. The molecule has 0 saturated heterocycles. The van der Waals surface area contributed by atoms with E-state index in [1.54, 1.807) is 0 Å². The van der Waals surface area contributed by atoms with E-state index in [0.717, 1.165) is 0 Å². The normalized spacial score (nSPS) is 18.1. The monoisotopic (exact) mass is 326 g/mol. The Bertz CT molecular complexity index is 498. The lowest BCUT2D eigenvalue weighted by Crippen LogP contribution is -2.13. The van der Waals surface area contributed by atoms with Gasteiger partial charge in [-0.2, -0.15) is 5.10 Å². The van der Waals surface area contributed by atoms with Gasteiger partial charge < -0.3 is 0 Å². The van der Waals surface area contributed by atoms with Crippen molar-refractivity contribution in [2.45, 2.75) is 38.1 Å². The minimum absolute atomic E-state index is 0.629. The second-order valence-electron chi connectivity index (χ2n) is 4.58. The van der Waals surface area contributed by atoms with Gasteiger partial charge in [-0.1, -0.05) is 25.3 Å². The molecule has 3 heteroatoms. The fourth-order valence-electron chi connectivity index (χ4n) is 2.63. The molecular weight excluding hydrogens is 311 g/mol. The summed E-state index contributed by atoms with van der Waals surface area (Å²) in [6.45, 7) is 0. The summed E-state index contributed by atoms with van der Waals surface area (Å²) in [4.78, 5) is 0. The zero-order chi connectivity index (χ0) is 11.0. The lowest BCUT2D eigenvalue weighted by molar-refractivity contribution is 0.337. The molecule has 1 saturated carbocycles. The zero-order valence-corrected chi connectivity index (χ0v) is 11.4. The van der Waals surface area contributed by atoms with Crippen molar-refractivity contribution in [3.63, 3.8) is 0 Å². The fourth-order valence-corrected chi connectivity index (χ4v) is 3.10. The van der Waals surface area contributed by atoms with Crippen molar-refractivity contribution in [2.24, 2.45) is 0 Å². The van der Waals surface area contributed by atoms with E-state index in [2.05, 4.69) is 50.6 Å². The predicted molar refractivity (Wildman–Crippen MR) is 74.6 cm³/mol. The van der Waals surface area contributed by atoms with E-state index in [4.69, 9.17) is 0 Å². The second-order valence-corrected chi connectivity index (χ2v) is 5.83. The van der Waals surface area contributed by atoms with Crippen molar-refractivity contribution >= 4 is 33.5 Å². The van der Waals surface area contributed by atoms with Crippen molar-refractivity contribution in [3.05, 3.63) is 28.0 Å². The van der Waals surface area contributed by atoms with Gasteiger partial charge in [-0.25, -0.2) is 0 Å². The third-order valence-corrected chi connectivity index (χ3v) is 4.15. The maximum atomic E-state index is 4.57. The summed E-state index contributed by atoms with van der Waals surface area (Å²) in [7, 11) is 0. The Balaban J connectivity index is 2.05. The van der Waals surface area contributed by atoms with Gasteiger partial charge in [0.2, 0.25) is 0 Å². The Kier molecular flexibility index (Phi) is 2.88. The van der Waals surface area contributed by atoms with Gasteiger partial charge in [0.05, 0.1) is 17.8 Å². The zero-order valence-electron chi connectivity index (χ0n) is 9.19. The van der Waals surface area contributed by atoms with Crippen LogP contribution >= 0.6 is 22.6 Å². The van der Waals surface area contributed by atoms with E-state index in [-0.39, 0.29) is 0 Å². The average Bonchev–Trinajstić information content (AvgIpc) is 2.73. The van der Waals surface area contributed by atoms with Gasteiger partial charge in [0.15, 0.2) is 0 Å². The Hall–Kier alpha value is -0.580. The molecule has 2 nitrogen and oxygen atoms in total. The van der Waals surface area contributed by atoms with Gasteiger partial charge in [0.1, 0.15) is 0 Å². The van der Waals surface area contributed by atoms with Gasteiger partial charge in [0.25, 0.3) is 0 Å². The minimum Gasteiger partial charge on any atom is -0.262 e. The van der Waals surface area contributed by atoms with E-state index in [0.29, 0.717) is 6.04 Å².